The van der Waals surface area contributed by atoms with Gasteiger partial charge in [-0.3, -0.25) is 5.10 Å². The lowest BCUT2D eigenvalue weighted by atomic mass is 10.0. The SMILES string of the molecule is COc1cc(Nc2cc(CO)[nH]n2)nc(N[C@H]2C[C@@H](C)CC[C@@H](N(C)C)C2)n1. The number of H-pyrrole nitrogens is 1. The summed E-state index contributed by atoms with van der Waals surface area (Å²) in [5.41, 5.74) is 0.629. The molecule has 9 heteroatoms. The zero-order chi connectivity index (χ0) is 20.1. The van der Waals surface area contributed by atoms with Gasteiger partial charge in [0.25, 0.3) is 0 Å². The van der Waals surface area contributed by atoms with Gasteiger partial charge in [0.2, 0.25) is 11.8 Å². The monoisotopic (exact) mass is 389 g/mol. The lowest BCUT2D eigenvalue weighted by Gasteiger charge is -2.26. The Bertz CT molecular complexity index is 764. The fourth-order valence-electron chi connectivity index (χ4n) is 3.69. The van der Waals surface area contributed by atoms with E-state index in [0.717, 1.165) is 12.8 Å². The summed E-state index contributed by atoms with van der Waals surface area (Å²) in [4.78, 5) is 11.4. The zero-order valence-corrected chi connectivity index (χ0v) is 17.1. The van der Waals surface area contributed by atoms with Crippen LogP contribution in [0, 0.1) is 5.92 Å². The van der Waals surface area contributed by atoms with Crippen molar-refractivity contribution in [3.05, 3.63) is 17.8 Å². The molecule has 1 aliphatic carbocycles. The molecule has 0 aliphatic heterocycles. The first-order valence-electron chi connectivity index (χ1n) is 9.75. The molecule has 0 radical (unpaired) electrons. The molecule has 4 N–H and O–H groups in total. The highest BCUT2D eigenvalue weighted by molar-refractivity contribution is 5.55. The van der Waals surface area contributed by atoms with Gasteiger partial charge in [0.15, 0.2) is 5.82 Å². The molecule has 2 aromatic heterocycles. The molecule has 1 fully saturated rings. The van der Waals surface area contributed by atoms with E-state index in [9.17, 15) is 5.11 Å². The van der Waals surface area contributed by atoms with Crippen molar-refractivity contribution < 1.29 is 9.84 Å². The number of ether oxygens (including phenoxy) is 1. The molecule has 9 nitrogen and oxygen atoms in total. The largest absolute Gasteiger partial charge is 0.481 e. The third-order valence-corrected chi connectivity index (χ3v) is 5.27. The minimum absolute atomic E-state index is 0.0957. The lowest BCUT2D eigenvalue weighted by Crippen LogP contribution is -2.33. The van der Waals surface area contributed by atoms with Crippen LogP contribution in [-0.4, -0.2) is 63.5 Å². The van der Waals surface area contributed by atoms with Gasteiger partial charge < -0.3 is 25.4 Å². The van der Waals surface area contributed by atoms with Crippen LogP contribution in [0.5, 0.6) is 5.88 Å². The molecule has 2 heterocycles. The number of aromatic nitrogens is 4. The summed E-state index contributed by atoms with van der Waals surface area (Å²) < 4.78 is 5.35. The molecule has 154 valence electrons. The second kappa shape index (κ2) is 9.20. The van der Waals surface area contributed by atoms with E-state index in [1.807, 2.05) is 0 Å². The Morgan fingerprint density at radius 3 is 2.71 bits per heavy atom. The van der Waals surface area contributed by atoms with Crippen molar-refractivity contribution in [3.8, 4) is 5.88 Å². The van der Waals surface area contributed by atoms with Crippen molar-refractivity contribution in [1.29, 1.82) is 0 Å². The van der Waals surface area contributed by atoms with Crippen LogP contribution in [0.3, 0.4) is 0 Å². The first kappa shape index (κ1) is 20.3. The molecule has 0 unspecified atom stereocenters. The maximum atomic E-state index is 9.17. The highest BCUT2D eigenvalue weighted by Gasteiger charge is 2.25. The Morgan fingerprint density at radius 2 is 2.04 bits per heavy atom. The third kappa shape index (κ3) is 5.32. The molecular formula is C19H31N7O2. The second-order valence-corrected chi connectivity index (χ2v) is 7.79. The maximum Gasteiger partial charge on any atom is 0.228 e. The van der Waals surface area contributed by atoms with Gasteiger partial charge in [0.1, 0.15) is 5.82 Å². The fraction of sp³-hybridized carbons (Fsp3) is 0.632. The summed E-state index contributed by atoms with van der Waals surface area (Å²) >= 11 is 0. The molecule has 0 amide bonds. The molecule has 0 aromatic carbocycles. The van der Waals surface area contributed by atoms with Crippen LogP contribution in [0.4, 0.5) is 17.6 Å². The van der Waals surface area contributed by atoms with Gasteiger partial charge in [-0.15, -0.1) is 0 Å². The standard InChI is InChI=1S/C19H31N7O2/c1-12-5-6-15(26(2)3)8-13(7-12)20-19-22-16(10-18(23-19)28-4)21-17-9-14(11-27)24-25-17/h9-10,12-13,15,27H,5-8,11H2,1-4H3,(H3,20,21,22,23,24,25)/t12-,13-,15+/m0/s1. The van der Waals surface area contributed by atoms with Crippen molar-refractivity contribution in [1.82, 2.24) is 25.1 Å². The van der Waals surface area contributed by atoms with Gasteiger partial charge in [-0.25, -0.2) is 0 Å². The smallest absolute Gasteiger partial charge is 0.228 e. The molecule has 3 rings (SSSR count). The van der Waals surface area contributed by atoms with Gasteiger partial charge in [0.05, 0.1) is 19.4 Å². The third-order valence-electron chi connectivity index (χ3n) is 5.27. The van der Waals surface area contributed by atoms with Crippen LogP contribution in [0.1, 0.15) is 38.3 Å². The Balaban J connectivity index is 1.76. The van der Waals surface area contributed by atoms with E-state index < -0.39 is 0 Å². The number of hydrogen-bond donors (Lipinski definition) is 4. The highest BCUT2D eigenvalue weighted by Crippen LogP contribution is 2.28. The summed E-state index contributed by atoms with van der Waals surface area (Å²) in [5.74, 6) is 2.83. The molecule has 0 spiro atoms. The van der Waals surface area contributed by atoms with E-state index in [1.54, 1.807) is 19.2 Å². The Labute approximate surface area is 165 Å². The van der Waals surface area contributed by atoms with Crippen LogP contribution in [-0.2, 0) is 6.61 Å². The van der Waals surface area contributed by atoms with Crippen LogP contribution in [0.15, 0.2) is 12.1 Å². The average molecular weight is 390 g/mol. The van der Waals surface area contributed by atoms with Crippen molar-refractivity contribution >= 4 is 17.6 Å². The average Bonchev–Trinajstić information content (AvgIpc) is 3.03. The van der Waals surface area contributed by atoms with Gasteiger partial charge in [-0.2, -0.15) is 15.1 Å². The molecule has 28 heavy (non-hydrogen) atoms. The first-order chi connectivity index (χ1) is 13.5. The maximum absolute atomic E-state index is 9.17. The number of methoxy groups -OCH3 is 1. The summed E-state index contributed by atoms with van der Waals surface area (Å²) in [5, 5.41) is 22.7. The summed E-state index contributed by atoms with van der Waals surface area (Å²) in [7, 11) is 5.88. The number of aromatic amines is 1. The van der Waals surface area contributed by atoms with Crippen molar-refractivity contribution in [2.24, 2.45) is 5.92 Å². The normalized spacial score (nSPS) is 22.7. The number of aliphatic hydroxyl groups is 1. The van der Waals surface area contributed by atoms with Crippen molar-refractivity contribution in [2.45, 2.75) is 51.3 Å². The number of anilines is 3. The van der Waals surface area contributed by atoms with E-state index in [0.29, 0.717) is 47.2 Å². The van der Waals surface area contributed by atoms with E-state index in [1.165, 1.54) is 12.8 Å². The lowest BCUT2D eigenvalue weighted by molar-refractivity contribution is 0.261. The first-order valence-corrected chi connectivity index (χ1v) is 9.75. The van der Waals surface area contributed by atoms with Crippen LogP contribution in [0.2, 0.25) is 0 Å². The van der Waals surface area contributed by atoms with E-state index in [4.69, 9.17) is 4.74 Å². The number of aliphatic hydroxyl groups excluding tert-OH is 1. The van der Waals surface area contributed by atoms with E-state index in [2.05, 4.69) is 56.7 Å². The molecule has 3 atom stereocenters. The predicted octanol–water partition coefficient (Wildman–Crippen LogP) is 2.37. The number of nitrogens with zero attached hydrogens (tertiary/aromatic N) is 4. The predicted molar refractivity (Wildman–Crippen MR) is 109 cm³/mol. The zero-order valence-electron chi connectivity index (χ0n) is 17.1. The van der Waals surface area contributed by atoms with E-state index >= 15 is 0 Å². The van der Waals surface area contributed by atoms with Gasteiger partial charge >= 0.3 is 0 Å². The number of hydrogen-bond acceptors (Lipinski definition) is 8. The molecule has 1 aliphatic rings. The molecular weight excluding hydrogens is 358 g/mol. The Hall–Kier alpha value is -2.39. The summed E-state index contributed by atoms with van der Waals surface area (Å²) in [6.45, 7) is 2.21. The van der Waals surface area contributed by atoms with Crippen molar-refractivity contribution in [2.75, 3.05) is 31.8 Å². The number of nitrogens with one attached hydrogen (secondary N) is 3. The molecule has 0 bridgehead atoms. The Morgan fingerprint density at radius 1 is 1.21 bits per heavy atom. The van der Waals surface area contributed by atoms with Gasteiger partial charge in [-0.05, 0) is 45.7 Å². The molecule has 0 saturated heterocycles. The molecule has 2 aromatic rings. The topological polar surface area (TPSA) is 111 Å². The second-order valence-electron chi connectivity index (χ2n) is 7.79. The van der Waals surface area contributed by atoms with Crippen LogP contribution >= 0.6 is 0 Å². The van der Waals surface area contributed by atoms with Gasteiger partial charge in [-0.1, -0.05) is 6.92 Å². The number of rotatable bonds is 7. The Kier molecular flexibility index (Phi) is 6.69. The minimum atomic E-state index is -0.0957. The van der Waals surface area contributed by atoms with Crippen LogP contribution < -0.4 is 15.4 Å². The van der Waals surface area contributed by atoms with Crippen LogP contribution in [0.25, 0.3) is 0 Å². The minimum Gasteiger partial charge on any atom is -0.481 e. The summed E-state index contributed by atoms with van der Waals surface area (Å²) in [6, 6.07) is 4.30. The van der Waals surface area contributed by atoms with Crippen molar-refractivity contribution in [3.63, 3.8) is 0 Å². The summed E-state index contributed by atoms with van der Waals surface area (Å²) in [6.07, 6.45) is 4.59. The quantitative estimate of drug-likeness (QED) is 0.534. The van der Waals surface area contributed by atoms with E-state index in [-0.39, 0.29) is 6.61 Å². The highest BCUT2D eigenvalue weighted by atomic mass is 16.5. The van der Waals surface area contributed by atoms with Gasteiger partial charge in [0, 0.05) is 24.2 Å². The fourth-order valence-corrected chi connectivity index (χ4v) is 3.69. The molecule has 1 saturated carbocycles.